The van der Waals surface area contributed by atoms with Crippen LogP contribution in [-0.2, 0) is 30.6 Å². The topological polar surface area (TPSA) is 102 Å². The van der Waals surface area contributed by atoms with Gasteiger partial charge in [0.25, 0.3) is 0 Å². The van der Waals surface area contributed by atoms with Gasteiger partial charge in [0.1, 0.15) is 23.7 Å². The first-order valence-corrected chi connectivity index (χ1v) is 14.1. The van der Waals surface area contributed by atoms with E-state index in [1.54, 1.807) is 12.1 Å². The minimum atomic E-state index is -4.95. The Bertz CT molecular complexity index is 1750. The quantitative estimate of drug-likeness (QED) is 0.264. The van der Waals surface area contributed by atoms with Crippen LogP contribution in [0, 0.1) is 6.92 Å². The van der Waals surface area contributed by atoms with E-state index in [4.69, 9.17) is 9.57 Å². The normalized spacial score (nSPS) is 16.8. The molecule has 2 aliphatic rings. The summed E-state index contributed by atoms with van der Waals surface area (Å²) in [5.74, 6) is -0.486. The Labute approximate surface area is 251 Å². The Balaban J connectivity index is 1.21. The molecule has 0 bridgehead atoms. The molecule has 2 aromatic carbocycles. The number of hydroxylamine groups is 1. The maximum atomic E-state index is 13.8. The monoisotopic (exact) mass is 605 g/mol. The van der Waals surface area contributed by atoms with E-state index in [2.05, 4.69) is 38.7 Å². The molecule has 2 aromatic heterocycles. The Hall–Kier alpha value is -4.68. The fraction of sp³-hybridized carbons (Fsp3) is 0.281. The molecule has 0 saturated carbocycles. The highest BCUT2D eigenvalue weighted by Gasteiger charge is 2.41. The number of benzene rings is 2. The van der Waals surface area contributed by atoms with Crippen molar-refractivity contribution in [3.8, 4) is 22.8 Å². The van der Waals surface area contributed by atoms with Crippen molar-refractivity contribution < 1.29 is 32.6 Å². The molecule has 0 radical (unpaired) electrons. The van der Waals surface area contributed by atoms with Gasteiger partial charge in [0.05, 0.1) is 17.9 Å². The zero-order valence-electron chi connectivity index (χ0n) is 24.1. The summed E-state index contributed by atoms with van der Waals surface area (Å²) in [4.78, 5) is 23.6. The van der Waals surface area contributed by atoms with Gasteiger partial charge in [0, 0.05) is 25.2 Å². The molecule has 1 unspecified atom stereocenters. The van der Waals surface area contributed by atoms with Crippen LogP contribution < -0.4 is 10.2 Å². The van der Waals surface area contributed by atoms with Gasteiger partial charge in [-0.1, -0.05) is 35.9 Å². The van der Waals surface area contributed by atoms with Gasteiger partial charge in [0.15, 0.2) is 11.5 Å². The van der Waals surface area contributed by atoms with Crippen molar-refractivity contribution in [3.63, 3.8) is 0 Å². The van der Waals surface area contributed by atoms with Gasteiger partial charge in [-0.3, -0.25) is 4.90 Å². The van der Waals surface area contributed by atoms with Crippen LogP contribution >= 0.6 is 0 Å². The highest BCUT2D eigenvalue weighted by Crippen LogP contribution is 2.35. The number of ether oxygens (including phenoxy) is 1. The molecule has 4 aromatic rings. The number of carboxylic acids is 1. The maximum Gasteiger partial charge on any atom is 0.434 e. The maximum absolute atomic E-state index is 13.8. The fourth-order valence-electron chi connectivity index (χ4n) is 5.57. The summed E-state index contributed by atoms with van der Waals surface area (Å²) >= 11 is 0. The van der Waals surface area contributed by atoms with Crippen molar-refractivity contribution in [1.29, 1.82) is 0 Å². The third-order valence-electron chi connectivity index (χ3n) is 7.65. The molecule has 228 valence electrons. The van der Waals surface area contributed by atoms with Crippen LogP contribution in [0.3, 0.4) is 0 Å². The standard InChI is InChI=1S/C32H30F3N5O4/c1-19-6-9-28(43-18-21-7-8-23-16-39(11-10-22(23)14-21)17-24-13-20(2)44-38-24)25(12-19)27-4-3-5-29(37-27)40-30(32(33,34)35)26(15-36-40)31(41)42/h3-9,12-15,24,38H,10-11,16-18H2,1-2H3,(H,41,42). The lowest BCUT2D eigenvalue weighted by Gasteiger charge is -2.30. The van der Waals surface area contributed by atoms with E-state index in [1.807, 2.05) is 38.1 Å². The van der Waals surface area contributed by atoms with Gasteiger partial charge in [-0.25, -0.2) is 14.5 Å². The second kappa shape index (κ2) is 11.8. The van der Waals surface area contributed by atoms with E-state index in [9.17, 15) is 23.1 Å². The van der Waals surface area contributed by atoms with E-state index >= 15 is 0 Å². The molecule has 4 heterocycles. The predicted molar refractivity (Wildman–Crippen MR) is 155 cm³/mol. The van der Waals surface area contributed by atoms with Crippen molar-refractivity contribution in [3.05, 3.63) is 106 Å². The minimum absolute atomic E-state index is 0.166. The summed E-state index contributed by atoms with van der Waals surface area (Å²) in [6.07, 6.45) is -1.27. The highest BCUT2D eigenvalue weighted by atomic mass is 19.4. The van der Waals surface area contributed by atoms with Crippen molar-refractivity contribution in [2.24, 2.45) is 0 Å². The van der Waals surface area contributed by atoms with Crippen LogP contribution in [-0.4, -0.2) is 49.9 Å². The van der Waals surface area contributed by atoms with Gasteiger partial charge in [-0.2, -0.15) is 18.3 Å². The van der Waals surface area contributed by atoms with E-state index < -0.39 is 23.4 Å². The Morgan fingerprint density at radius 1 is 1.14 bits per heavy atom. The first-order chi connectivity index (χ1) is 21.0. The predicted octanol–water partition coefficient (Wildman–Crippen LogP) is 5.70. The van der Waals surface area contributed by atoms with Gasteiger partial charge in [0.2, 0.25) is 0 Å². The zero-order chi connectivity index (χ0) is 31.0. The van der Waals surface area contributed by atoms with Gasteiger partial charge in [-0.15, -0.1) is 5.48 Å². The molecule has 0 spiro atoms. The van der Waals surface area contributed by atoms with Crippen LogP contribution in [0.1, 0.15) is 45.2 Å². The number of fused-ring (bicyclic) bond motifs is 1. The minimum Gasteiger partial charge on any atom is -0.488 e. The molecule has 44 heavy (non-hydrogen) atoms. The lowest BCUT2D eigenvalue weighted by molar-refractivity contribution is -0.143. The number of aromatic nitrogens is 3. The van der Waals surface area contributed by atoms with E-state index in [1.165, 1.54) is 17.2 Å². The number of carboxylic acid groups (broad SMARTS) is 1. The van der Waals surface area contributed by atoms with Gasteiger partial charge in [-0.05, 0) is 67.3 Å². The van der Waals surface area contributed by atoms with Crippen LogP contribution in [0.25, 0.3) is 17.1 Å². The summed E-state index contributed by atoms with van der Waals surface area (Å²) in [6, 6.07) is 16.6. The van der Waals surface area contributed by atoms with Crippen LogP contribution in [0.2, 0.25) is 0 Å². The number of aromatic carboxylic acids is 1. The van der Waals surface area contributed by atoms with E-state index in [0.717, 1.165) is 42.9 Å². The van der Waals surface area contributed by atoms with Crippen molar-refractivity contribution >= 4 is 5.97 Å². The summed E-state index contributed by atoms with van der Waals surface area (Å²) in [5.41, 5.74) is 6.11. The van der Waals surface area contributed by atoms with Crippen molar-refractivity contribution in [1.82, 2.24) is 25.1 Å². The summed E-state index contributed by atoms with van der Waals surface area (Å²) < 4.78 is 48.2. The SMILES string of the molecule is CC1=CC(CN2CCc3cc(COc4ccc(C)cc4-c4cccc(-n5ncc(C(=O)O)c5C(F)(F)F)n4)ccc3C2)NO1. The molecule has 6 rings (SSSR count). The number of hydrogen-bond donors (Lipinski definition) is 2. The average molecular weight is 606 g/mol. The number of pyridine rings is 1. The second-order valence-electron chi connectivity index (χ2n) is 11.0. The molecule has 1 atom stereocenters. The number of nitrogens with one attached hydrogen (secondary N) is 1. The lowest BCUT2D eigenvalue weighted by Crippen LogP contribution is -2.40. The molecule has 0 aliphatic carbocycles. The molecule has 0 fully saturated rings. The number of hydrogen-bond acceptors (Lipinski definition) is 7. The third-order valence-corrected chi connectivity index (χ3v) is 7.65. The molecule has 2 aliphatic heterocycles. The number of allylic oxidation sites excluding steroid dienone is 1. The van der Waals surface area contributed by atoms with Crippen LogP contribution in [0.4, 0.5) is 13.2 Å². The van der Waals surface area contributed by atoms with Crippen molar-refractivity contribution in [2.75, 3.05) is 13.1 Å². The molecule has 0 saturated heterocycles. The largest absolute Gasteiger partial charge is 0.488 e. The number of halogens is 3. The number of rotatable bonds is 8. The molecule has 0 amide bonds. The first kappa shape index (κ1) is 29.4. The number of nitrogens with zero attached hydrogens (tertiary/aromatic N) is 4. The number of carbonyl (C=O) groups is 1. The Morgan fingerprint density at radius 2 is 1.98 bits per heavy atom. The smallest absolute Gasteiger partial charge is 0.434 e. The lowest BCUT2D eigenvalue weighted by atomic mass is 9.97. The van der Waals surface area contributed by atoms with Gasteiger partial charge < -0.3 is 14.7 Å². The van der Waals surface area contributed by atoms with Gasteiger partial charge >= 0.3 is 12.1 Å². The molecule has 12 heteroatoms. The molecular weight excluding hydrogens is 575 g/mol. The zero-order valence-corrected chi connectivity index (χ0v) is 24.1. The van der Waals surface area contributed by atoms with E-state index in [0.29, 0.717) is 34.5 Å². The average Bonchev–Trinajstić information content (AvgIpc) is 3.63. The Morgan fingerprint density at radius 3 is 2.73 bits per heavy atom. The summed E-state index contributed by atoms with van der Waals surface area (Å²) in [6.45, 7) is 6.78. The first-order valence-electron chi connectivity index (χ1n) is 14.1. The third kappa shape index (κ3) is 6.17. The van der Waals surface area contributed by atoms with Crippen molar-refractivity contribution in [2.45, 2.75) is 45.6 Å². The summed E-state index contributed by atoms with van der Waals surface area (Å²) in [7, 11) is 0. The Kier molecular flexibility index (Phi) is 7.87. The van der Waals surface area contributed by atoms with Crippen LogP contribution in [0.15, 0.2) is 72.6 Å². The molecule has 9 nitrogen and oxygen atoms in total. The molecule has 2 N–H and O–H groups in total. The second-order valence-corrected chi connectivity index (χ2v) is 11.0. The fourth-order valence-corrected chi connectivity index (χ4v) is 5.57. The van der Waals surface area contributed by atoms with E-state index in [-0.39, 0.29) is 11.9 Å². The number of aryl methyl sites for hydroxylation is 1. The summed E-state index contributed by atoms with van der Waals surface area (Å²) in [5, 5.41) is 13.0. The molecular formula is C32H30F3N5O4. The highest BCUT2D eigenvalue weighted by molar-refractivity contribution is 5.89. The number of alkyl halides is 3. The van der Waals surface area contributed by atoms with Crippen LogP contribution in [0.5, 0.6) is 5.75 Å².